The van der Waals surface area contributed by atoms with E-state index in [9.17, 15) is 13.2 Å². The van der Waals surface area contributed by atoms with E-state index in [1.807, 2.05) is 12.1 Å². The molecule has 1 amide bonds. The van der Waals surface area contributed by atoms with E-state index in [1.54, 1.807) is 54.2 Å². The van der Waals surface area contributed by atoms with Crippen LogP contribution in [0.25, 0.3) is 0 Å². The third kappa shape index (κ3) is 3.98. The number of carbonyl (C=O) groups is 1. The highest BCUT2D eigenvalue weighted by Gasteiger charge is 2.33. The van der Waals surface area contributed by atoms with Gasteiger partial charge in [0, 0.05) is 49.4 Å². The zero-order valence-corrected chi connectivity index (χ0v) is 17.9. The second kappa shape index (κ2) is 8.22. The van der Waals surface area contributed by atoms with Crippen molar-refractivity contribution >= 4 is 27.5 Å². The van der Waals surface area contributed by atoms with E-state index in [0.29, 0.717) is 30.1 Å². The fourth-order valence-electron chi connectivity index (χ4n) is 3.57. The van der Waals surface area contributed by atoms with Crippen molar-refractivity contribution in [3.63, 3.8) is 0 Å². The summed E-state index contributed by atoms with van der Waals surface area (Å²) in [6.07, 6.45) is 0.495. The van der Waals surface area contributed by atoms with Gasteiger partial charge in [-0.3, -0.25) is 9.48 Å². The second-order valence-electron chi connectivity index (χ2n) is 7.11. The first kappa shape index (κ1) is 20.6. The molecule has 7 nitrogen and oxygen atoms in total. The molecule has 4 rings (SSSR count). The van der Waals surface area contributed by atoms with Crippen LogP contribution in [0.2, 0.25) is 5.02 Å². The van der Waals surface area contributed by atoms with E-state index in [1.165, 1.54) is 4.31 Å². The van der Waals surface area contributed by atoms with E-state index in [-0.39, 0.29) is 23.0 Å². The van der Waals surface area contributed by atoms with E-state index < -0.39 is 10.0 Å². The van der Waals surface area contributed by atoms with Gasteiger partial charge in [0.1, 0.15) is 0 Å². The third-order valence-electron chi connectivity index (χ3n) is 5.17. The van der Waals surface area contributed by atoms with Crippen LogP contribution in [0.1, 0.15) is 27.3 Å². The van der Waals surface area contributed by atoms with Crippen LogP contribution < -0.4 is 5.32 Å². The minimum atomic E-state index is -3.65. The molecule has 0 spiro atoms. The first-order chi connectivity index (χ1) is 14.4. The topological polar surface area (TPSA) is 84.3 Å². The number of benzene rings is 2. The first-order valence-electron chi connectivity index (χ1n) is 9.49. The first-order valence-corrected chi connectivity index (χ1v) is 11.3. The molecule has 0 saturated carbocycles. The Bertz CT molecular complexity index is 1170. The zero-order valence-electron chi connectivity index (χ0n) is 16.4. The molecule has 2 heterocycles. The predicted molar refractivity (Wildman–Crippen MR) is 114 cm³/mol. The summed E-state index contributed by atoms with van der Waals surface area (Å²) in [4.78, 5) is 13.1. The van der Waals surface area contributed by atoms with Crippen molar-refractivity contribution in [1.82, 2.24) is 19.4 Å². The maximum absolute atomic E-state index is 13.0. The van der Waals surface area contributed by atoms with Gasteiger partial charge in [-0.25, -0.2) is 8.42 Å². The van der Waals surface area contributed by atoms with Crippen LogP contribution >= 0.6 is 11.6 Å². The number of halogens is 1. The summed E-state index contributed by atoms with van der Waals surface area (Å²) in [5, 5.41) is 7.86. The average Bonchev–Trinajstić information content (AvgIpc) is 3.10. The van der Waals surface area contributed by atoms with Crippen LogP contribution in [0.5, 0.6) is 0 Å². The minimum Gasteiger partial charge on any atom is -0.347 e. The van der Waals surface area contributed by atoms with E-state index in [2.05, 4.69) is 10.4 Å². The lowest BCUT2D eigenvalue weighted by atomic mass is 10.1. The lowest BCUT2D eigenvalue weighted by Gasteiger charge is -2.26. The monoisotopic (exact) mass is 444 g/mol. The van der Waals surface area contributed by atoms with E-state index in [0.717, 1.165) is 11.3 Å². The number of nitrogens with one attached hydrogen (secondary N) is 1. The number of nitrogens with zero attached hydrogens (tertiary/aromatic N) is 3. The standard InChI is InChI=1S/C21H21ClN4O3S/c1-25-19-11-12-26(30(28,29)17-5-3-2-4-6-17)14-18(19)20(24-25)21(27)23-13-15-7-9-16(22)10-8-15/h2-10H,11-14H2,1H3,(H,23,27). The molecule has 9 heteroatoms. The fourth-order valence-corrected chi connectivity index (χ4v) is 5.12. The SMILES string of the molecule is Cn1nc(C(=O)NCc2ccc(Cl)cc2)c2c1CCN(S(=O)(=O)c1ccccc1)C2. The summed E-state index contributed by atoms with van der Waals surface area (Å²) in [7, 11) is -1.87. The van der Waals surface area contributed by atoms with Gasteiger partial charge >= 0.3 is 0 Å². The number of rotatable bonds is 5. The summed E-state index contributed by atoms with van der Waals surface area (Å²) in [6.45, 7) is 0.785. The number of fused-ring (bicyclic) bond motifs is 1. The van der Waals surface area contributed by atoms with Crippen molar-refractivity contribution < 1.29 is 13.2 Å². The molecule has 0 saturated heterocycles. The molecule has 0 unspecified atom stereocenters. The quantitative estimate of drug-likeness (QED) is 0.655. The Balaban J connectivity index is 1.55. The Morgan fingerprint density at radius 2 is 1.83 bits per heavy atom. The molecule has 156 valence electrons. The smallest absolute Gasteiger partial charge is 0.272 e. The number of hydrogen-bond acceptors (Lipinski definition) is 4. The number of aryl methyl sites for hydroxylation is 1. The van der Waals surface area contributed by atoms with Gasteiger partial charge in [0.05, 0.1) is 4.90 Å². The van der Waals surface area contributed by atoms with Gasteiger partial charge in [-0.05, 0) is 29.8 Å². The highest BCUT2D eigenvalue weighted by molar-refractivity contribution is 7.89. The summed E-state index contributed by atoms with van der Waals surface area (Å²) in [6, 6.07) is 15.5. The zero-order chi connectivity index (χ0) is 21.3. The van der Waals surface area contributed by atoms with Crippen LogP contribution in [0.3, 0.4) is 0 Å². The molecule has 2 aromatic carbocycles. The lowest BCUT2D eigenvalue weighted by molar-refractivity contribution is 0.0943. The molecule has 1 aromatic heterocycles. The molecule has 0 fully saturated rings. The van der Waals surface area contributed by atoms with Crippen LogP contribution in [-0.2, 0) is 36.6 Å². The van der Waals surface area contributed by atoms with Crippen LogP contribution in [0, 0.1) is 0 Å². The molecule has 1 aliphatic heterocycles. The van der Waals surface area contributed by atoms with Crippen molar-refractivity contribution in [2.24, 2.45) is 7.05 Å². The van der Waals surface area contributed by atoms with Crippen molar-refractivity contribution in [1.29, 1.82) is 0 Å². The van der Waals surface area contributed by atoms with Gasteiger partial charge in [0.2, 0.25) is 10.0 Å². The molecule has 0 aliphatic carbocycles. The Morgan fingerprint density at radius 3 is 2.53 bits per heavy atom. The van der Waals surface area contributed by atoms with Gasteiger partial charge in [-0.15, -0.1) is 0 Å². The van der Waals surface area contributed by atoms with Crippen LogP contribution in [0.4, 0.5) is 0 Å². The maximum atomic E-state index is 13.0. The summed E-state index contributed by atoms with van der Waals surface area (Å²) < 4.78 is 29.1. The number of hydrogen-bond donors (Lipinski definition) is 1. The van der Waals surface area contributed by atoms with Gasteiger partial charge in [0.15, 0.2) is 5.69 Å². The summed E-state index contributed by atoms with van der Waals surface area (Å²) in [5.41, 5.74) is 2.70. The number of amides is 1. The minimum absolute atomic E-state index is 0.115. The Kier molecular flexibility index (Phi) is 5.64. The summed E-state index contributed by atoms with van der Waals surface area (Å²) >= 11 is 5.89. The number of sulfonamides is 1. The van der Waals surface area contributed by atoms with Crippen LogP contribution in [-0.4, -0.2) is 35.0 Å². The van der Waals surface area contributed by atoms with Gasteiger partial charge in [-0.1, -0.05) is 41.9 Å². The van der Waals surface area contributed by atoms with Gasteiger partial charge in [0.25, 0.3) is 5.91 Å². The molecular formula is C21H21ClN4O3S. The third-order valence-corrected chi connectivity index (χ3v) is 7.28. The maximum Gasteiger partial charge on any atom is 0.272 e. The van der Waals surface area contributed by atoms with Crippen LogP contribution in [0.15, 0.2) is 59.5 Å². The average molecular weight is 445 g/mol. The van der Waals surface area contributed by atoms with Gasteiger partial charge in [-0.2, -0.15) is 9.40 Å². The summed E-state index contributed by atoms with van der Waals surface area (Å²) in [5.74, 6) is -0.333. The molecular weight excluding hydrogens is 424 g/mol. The molecule has 0 radical (unpaired) electrons. The largest absolute Gasteiger partial charge is 0.347 e. The molecule has 30 heavy (non-hydrogen) atoms. The van der Waals surface area contributed by atoms with Crippen molar-refractivity contribution in [2.45, 2.75) is 24.4 Å². The fraction of sp³-hybridized carbons (Fsp3) is 0.238. The van der Waals surface area contributed by atoms with Crippen molar-refractivity contribution in [3.05, 3.63) is 82.1 Å². The van der Waals surface area contributed by atoms with E-state index >= 15 is 0 Å². The molecule has 0 atom stereocenters. The second-order valence-corrected chi connectivity index (χ2v) is 9.48. The Labute approximate surface area is 180 Å². The molecule has 0 bridgehead atoms. The predicted octanol–water partition coefficient (Wildman–Crippen LogP) is 2.75. The normalized spacial score (nSPS) is 14.3. The van der Waals surface area contributed by atoms with E-state index in [4.69, 9.17) is 11.6 Å². The van der Waals surface area contributed by atoms with Crippen molar-refractivity contribution in [2.75, 3.05) is 6.54 Å². The molecule has 1 N–H and O–H groups in total. The van der Waals surface area contributed by atoms with Gasteiger partial charge < -0.3 is 5.32 Å². The Hall–Kier alpha value is -2.68. The highest BCUT2D eigenvalue weighted by Crippen LogP contribution is 2.27. The molecule has 1 aliphatic rings. The Morgan fingerprint density at radius 1 is 1.13 bits per heavy atom. The van der Waals surface area contributed by atoms with Crippen molar-refractivity contribution in [3.8, 4) is 0 Å². The molecule has 3 aromatic rings. The highest BCUT2D eigenvalue weighted by atomic mass is 35.5. The number of carbonyl (C=O) groups excluding carboxylic acids is 1. The lowest BCUT2D eigenvalue weighted by Crippen LogP contribution is -2.37. The number of aromatic nitrogens is 2.